The standard InChI is InChI=1S/C17H25N3O3/c1-18(2)8-7-16(21)19-9-11-20(12-10-19)17(22)14-5-4-6-15(13-14)23-3/h4-6,13H,7-12H2,1-3H3. The molecule has 2 amide bonds. The van der Waals surface area contributed by atoms with Crippen molar-refractivity contribution in [3.8, 4) is 5.75 Å². The van der Waals surface area contributed by atoms with E-state index in [1.807, 2.05) is 36.0 Å². The summed E-state index contributed by atoms with van der Waals surface area (Å²) >= 11 is 0. The smallest absolute Gasteiger partial charge is 0.254 e. The number of hydrogen-bond acceptors (Lipinski definition) is 4. The first kappa shape index (κ1) is 17.3. The van der Waals surface area contributed by atoms with E-state index in [0.29, 0.717) is 43.9 Å². The lowest BCUT2D eigenvalue weighted by molar-refractivity contribution is -0.132. The van der Waals surface area contributed by atoms with Crippen molar-refractivity contribution in [1.29, 1.82) is 0 Å². The number of carbonyl (C=O) groups excluding carboxylic acids is 2. The van der Waals surface area contributed by atoms with Gasteiger partial charge >= 0.3 is 0 Å². The maximum Gasteiger partial charge on any atom is 0.254 e. The molecule has 0 atom stereocenters. The highest BCUT2D eigenvalue weighted by atomic mass is 16.5. The summed E-state index contributed by atoms with van der Waals surface area (Å²) in [6.07, 6.45) is 0.525. The molecule has 0 aliphatic carbocycles. The Morgan fingerprint density at radius 2 is 1.78 bits per heavy atom. The van der Waals surface area contributed by atoms with Crippen LogP contribution in [0.5, 0.6) is 5.75 Å². The first-order chi connectivity index (χ1) is 11.0. The van der Waals surface area contributed by atoms with Crippen LogP contribution in [0, 0.1) is 0 Å². The summed E-state index contributed by atoms with van der Waals surface area (Å²) < 4.78 is 5.16. The second-order valence-electron chi connectivity index (χ2n) is 5.96. The molecule has 1 aliphatic heterocycles. The van der Waals surface area contributed by atoms with Crippen LogP contribution < -0.4 is 4.74 Å². The van der Waals surface area contributed by atoms with Gasteiger partial charge in [-0.15, -0.1) is 0 Å². The van der Waals surface area contributed by atoms with Gasteiger partial charge in [-0.05, 0) is 32.3 Å². The van der Waals surface area contributed by atoms with E-state index in [-0.39, 0.29) is 11.8 Å². The molecule has 0 unspecified atom stereocenters. The van der Waals surface area contributed by atoms with Crippen LogP contribution in [0.1, 0.15) is 16.8 Å². The molecule has 6 nitrogen and oxygen atoms in total. The Bertz CT molecular complexity index is 552. The van der Waals surface area contributed by atoms with Crippen LogP contribution in [-0.4, -0.2) is 80.4 Å². The van der Waals surface area contributed by atoms with Crippen LogP contribution in [0.4, 0.5) is 0 Å². The lowest BCUT2D eigenvalue weighted by Crippen LogP contribution is -2.50. The van der Waals surface area contributed by atoms with Crippen molar-refractivity contribution in [3.63, 3.8) is 0 Å². The molecule has 2 rings (SSSR count). The van der Waals surface area contributed by atoms with Gasteiger partial charge in [0.25, 0.3) is 5.91 Å². The van der Waals surface area contributed by atoms with Crippen LogP contribution in [0.3, 0.4) is 0 Å². The zero-order valence-corrected chi connectivity index (χ0v) is 14.1. The fourth-order valence-corrected chi connectivity index (χ4v) is 2.57. The van der Waals surface area contributed by atoms with Crippen molar-refractivity contribution >= 4 is 11.8 Å². The summed E-state index contributed by atoms with van der Waals surface area (Å²) in [6, 6.07) is 7.17. The van der Waals surface area contributed by atoms with Gasteiger partial charge in [0, 0.05) is 44.7 Å². The Kier molecular flexibility index (Phi) is 5.98. The molecule has 1 aromatic rings. The highest BCUT2D eigenvalue weighted by Crippen LogP contribution is 2.15. The minimum atomic E-state index is -0.00992. The Labute approximate surface area is 137 Å². The van der Waals surface area contributed by atoms with Crippen LogP contribution >= 0.6 is 0 Å². The van der Waals surface area contributed by atoms with Gasteiger partial charge < -0.3 is 19.4 Å². The number of carbonyl (C=O) groups is 2. The van der Waals surface area contributed by atoms with Crippen molar-refractivity contribution in [3.05, 3.63) is 29.8 Å². The SMILES string of the molecule is COc1cccc(C(=O)N2CCN(C(=O)CCN(C)C)CC2)c1. The third-order valence-electron chi connectivity index (χ3n) is 4.01. The molecule has 0 saturated carbocycles. The van der Waals surface area contributed by atoms with Crippen molar-refractivity contribution in [2.24, 2.45) is 0 Å². The Morgan fingerprint density at radius 3 is 2.39 bits per heavy atom. The van der Waals surface area contributed by atoms with Crippen molar-refractivity contribution < 1.29 is 14.3 Å². The molecule has 126 valence electrons. The number of nitrogens with zero attached hydrogens (tertiary/aromatic N) is 3. The molecule has 1 aliphatic rings. The number of amides is 2. The van der Waals surface area contributed by atoms with Crippen LogP contribution in [0.25, 0.3) is 0 Å². The molecule has 0 spiro atoms. The average molecular weight is 319 g/mol. The Balaban J connectivity index is 1.88. The lowest BCUT2D eigenvalue weighted by atomic mass is 10.1. The largest absolute Gasteiger partial charge is 0.497 e. The Hall–Kier alpha value is -2.08. The highest BCUT2D eigenvalue weighted by molar-refractivity contribution is 5.94. The van der Waals surface area contributed by atoms with Gasteiger partial charge in [-0.1, -0.05) is 6.07 Å². The number of piperazine rings is 1. The molecule has 1 heterocycles. The minimum Gasteiger partial charge on any atom is -0.497 e. The number of methoxy groups -OCH3 is 1. The normalized spacial score (nSPS) is 15.0. The van der Waals surface area contributed by atoms with Crippen LogP contribution in [-0.2, 0) is 4.79 Å². The number of benzene rings is 1. The third kappa shape index (κ3) is 4.69. The molecule has 1 saturated heterocycles. The van der Waals surface area contributed by atoms with Crippen molar-refractivity contribution in [1.82, 2.24) is 14.7 Å². The summed E-state index contributed by atoms with van der Waals surface area (Å²) in [4.78, 5) is 30.3. The lowest BCUT2D eigenvalue weighted by Gasteiger charge is -2.35. The van der Waals surface area contributed by atoms with Gasteiger partial charge in [-0.3, -0.25) is 9.59 Å². The molecule has 0 aromatic heterocycles. The van der Waals surface area contributed by atoms with Gasteiger partial charge in [-0.25, -0.2) is 0 Å². The highest BCUT2D eigenvalue weighted by Gasteiger charge is 2.24. The molecule has 1 aromatic carbocycles. The van der Waals surface area contributed by atoms with Crippen LogP contribution in [0.15, 0.2) is 24.3 Å². The maximum atomic E-state index is 12.5. The number of ether oxygens (including phenoxy) is 1. The topological polar surface area (TPSA) is 53.1 Å². The first-order valence-electron chi connectivity index (χ1n) is 7.87. The fourth-order valence-electron chi connectivity index (χ4n) is 2.57. The van der Waals surface area contributed by atoms with E-state index >= 15 is 0 Å². The quantitative estimate of drug-likeness (QED) is 0.810. The van der Waals surface area contributed by atoms with E-state index in [4.69, 9.17) is 4.74 Å². The first-order valence-corrected chi connectivity index (χ1v) is 7.87. The summed E-state index contributed by atoms with van der Waals surface area (Å²) in [6.45, 7) is 3.10. The summed E-state index contributed by atoms with van der Waals surface area (Å²) in [5.74, 6) is 0.824. The summed E-state index contributed by atoms with van der Waals surface area (Å²) in [5, 5.41) is 0. The fraction of sp³-hybridized carbons (Fsp3) is 0.529. The van der Waals surface area contributed by atoms with E-state index in [2.05, 4.69) is 0 Å². The van der Waals surface area contributed by atoms with E-state index in [0.717, 1.165) is 6.54 Å². The van der Waals surface area contributed by atoms with Gasteiger partial charge in [0.15, 0.2) is 0 Å². The molecular formula is C17H25N3O3. The zero-order chi connectivity index (χ0) is 16.8. The molecular weight excluding hydrogens is 294 g/mol. The van der Waals surface area contributed by atoms with E-state index in [1.165, 1.54) is 0 Å². The van der Waals surface area contributed by atoms with Gasteiger partial charge in [0.1, 0.15) is 5.75 Å². The second-order valence-corrected chi connectivity index (χ2v) is 5.96. The summed E-state index contributed by atoms with van der Waals surface area (Å²) in [7, 11) is 5.50. The predicted octanol–water partition coefficient (Wildman–Crippen LogP) is 0.931. The number of hydrogen-bond donors (Lipinski definition) is 0. The average Bonchev–Trinajstić information content (AvgIpc) is 2.59. The number of rotatable bonds is 5. The van der Waals surface area contributed by atoms with E-state index < -0.39 is 0 Å². The minimum absolute atomic E-state index is 0.00992. The Morgan fingerprint density at radius 1 is 1.13 bits per heavy atom. The molecule has 1 fully saturated rings. The predicted molar refractivity (Wildman–Crippen MR) is 88.6 cm³/mol. The molecule has 0 bridgehead atoms. The molecule has 23 heavy (non-hydrogen) atoms. The van der Waals surface area contributed by atoms with E-state index in [1.54, 1.807) is 24.1 Å². The molecule has 0 N–H and O–H groups in total. The van der Waals surface area contributed by atoms with Crippen LogP contribution in [0.2, 0.25) is 0 Å². The van der Waals surface area contributed by atoms with Gasteiger partial charge in [0.2, 0.25) is 5.91 Å². The molecule has 0 radical (unpaired) electrons. The monoisotopic (exact) mass is 319 g/mol. The zero-order valence-electron chi connectivity index (χ0n) is 14.1. The van der Waals surface area contributed by atoms with Gasteiger partial charge in [0.05, 0.1) is 7.11 Å². The van der Waals surface area contributed by atoms with Crippen molar-refractivity contribution in [2.75, 3.05) is 53.9 Å². The van der Waals surface area contributed by atoms with E-state index in [9.17, 15) is 9.59 Å². The van der Waals surface area contributed by atoms with Gasteiger partial charge in [-0.2, -0.15) is 0 Å². The summed E-state index contributed by atoms with van der Waals surface area (Å²) in [5.41, 5.74) is 0.622. The third-order valence-corrected chi connectivity index (χ3v) is 4.01. The maximum absolute atomic E-state index is 12.5. The van der Waals surface area contributed by atoms with Crippen molar-refractivity contribution in [2.45, 2.75) is 6.42 Å². The second kappa shape index (κ2) is 7.97. The molecule has 6 heteroatoms.